The van der Waals surface area contributed by atoms with Gasteiger partial charge in [0.2, 0.25) is 0 Å². The smallest absolute Gasteiger partial charge is 0.191 e. The maximum Gasteiger partial charge on any atom is 0.191 e. The molecule has 0 radical (unpaired) electrons. The summed E-state index contributed by atoms with van der Waals surface area (Å²) in [6.45, 7) is 13.9. The fourth-order valence-electron chi connectivity index (χ4n) is 2.50. The first-order chi connectivity index (χ1) is 11.0. The van der Waals surface area contributed by atoms with Crippen molar-refractivity contribution in [2.75, 3.05) is 66.6 Å². The number of halogens is 1. The van der Waals surface area contributed by atoms with Crippen molar-refractivity contribution >= 4 is 29.9 Å². The van der Waals surface area contributed by atoms with Crippen LogP contribution in [0.2, 0.25) is 0 Å². The molecule has 0 aromatic carbocycles. The second-order valence-electron chi connectivity index (χ2n) is 6.84. The SMILES string of the molecule is CCNC(=NCC1CN(C)CCN1C)NCCOCCC(C)C.I. The van der Waals surface area contributed by atoms with E-state index in [1.165, 1.54) is 0 Å². The number of hydrogen-bond acceptors (Lipinski definition) is 4. The lowest BCUT2D eigenvalue weighted by atomic mass is 10.1. The Labute approximate surface area is 165 Å². The van der Waals surface area contributed by atoms with Gasteiger partial charge in [-0.25, -0.2) is 0 Å². The highest BCUT2D eigenvalue weighted by atomic mass is 127. The van der Waals surface area contributed by atoms with Gasteiger partial charge in [0.25, 0.3) is 0 Å². The molecule has 0 amide bonds. The van der Waals surface area contributed by atoms with Crippen molar-refractivity contribution in [3.05, 3.63) is 0 Å². The average Bonchev–Trinajstić information content (AvgIpc) is 2.50. The largest absolute Gasteiger partial charge is 0.380 e. The van der Waals surface area contributed by atoms with Crippen LogP contribution in [0.15, 0.2) is 4.99 Å². The number of likely N-dealkylation sites (N-methyl/N-ethyl adjacent to an activating group) is 2. The summed E-state index contributed by atoms with van der Waals surface area (Å²) >= 11 is 0. The Morgan fingerprint density at radius 2 is 1.96 bits per heavy atom. The van der Waals surface area contributed by atoms with Crippen molar-refractivity contribution in [3.63, 3.8) is 0 Å². The average molecular weight is 455 g/mol. The molecular formula is C17H38IN5O. The number of hydrogen-bond donors (Lipinski definition) is 2. The van der Waals surface area contributed by atoms with Crippen molar-refractivity contribution in [2.45, 2.75) is 33.2 Å². The first-order valence-electron chi connectivity index (χ1n) is 9.01. The fraction of sp³-hybridized carbons (Fsp3) is 0.941. The Bertz CT molecular complexity index is 341. The Hall–Kier alpha value is -0.120. The summed E-state index contributed by atoms with van der Waals surface area (Å²) in [6.07, 6.45) is 1.12. The summed E-state index contributed by atoms with van der Waals surface area (Å²) in [5, 5.41) is 6.66. The Kier molecular flexibility index (Phi) is 14.0. The van der Waals surface area contributed by atoms with Gasteiger partial charge in [-0.3, -0.25) is 9.89 Å². The van der Waals surface area contributed by atoms with Crippen LogP contribution in [0.1, 0.15) is 27.2 Å². The van der Waals surface area contributed by atoms with Crippen LogP contribution in [0.25, 0.3) is 0 Å². The molecule has 1 aliphatic heterocycles. The van der Waals surface area contributed by atoms with E-state index in [1.807, 2.05) is 0 Å². The van der Waals surface area contributed by atoms with Crippen LogP contribution in [0.3, 0.4) is 0 Å². The molecule has 0 aromatic heterocycles. The molecule has 1 aliphatic rings. The summed E-state index contributed by atoms with van der Waals surface area (Å²) in [4.78, 5) is 9.52. The molecule has 1 unspecified atom stereocenters. The van der Waals surface area contributed by atoms with Gasteiger partial charge in [-0.2, -0.15) is 0 Å². The van der Waals surface area contributed by atoms with Crippen LogP contribution < -0.4 is 10.6 Å². The Morgan fingerprint density at radius 1 is 1.21 bits per heavy atom. The first kappa shape index (κ1) is 23.9. The second kappa shape index (κ2) is 14.1. The molecule has 144 valence electrons. The van der Waals surface area contributed by atoms with Crippen molar-refractivity contribution in [2.24, 2.45) is 10.9 Å². The number of rotatable bonds is 9. The minimum atomic E-state index is 0. The second-order valence-corrected chi connectivity index (χ2v) is 6.84. The van der Waals surface area contributed by atoms with E-state index in [0.29, 0.717) is 12.0 Å². The standard InChI is InChI=1S/C17H37N5O.HI/c1-6-18-17(19-8-12-23-11-7-15(2)3)20-13-16-14-21(4)9-10-22(16)5;/h15-16H,6-14H2,1-5H3,(H2,18,19,20);1H. The molecule has 1 heterocycles. The zero-order chi connectivity index (χ0) is 17.1. The van der Waals surface area contributed by atoms with Gasteiger partial charge in [-0.1, -0.05) is 13.8 Å². The first-order valence-corrected chi connectivity index (χ1v) is 9.01. The predicted octanol–water partition coefficient (Wildman–Crippen LogP) is 1.47. The number of nitrogens with one attached hydrogen (secondary N) is 2. The summed E-state index contributed by atoms with van der Waals surface area (Å²) in [5.74, 6) is 1.59. The van der Waals surface area contributed by atoms with Crippen LogP contribution in [-0.4, -0.2) is 88.4 Å². The topological polar surface area (TPSA) is 52.1 Å². The van der Waals surface area contributed by atoms with E-state index < -0.39 is 0 Å². The quantitative estimate of drug-likeness (QED) is 0.239. The molecule has 6 nitrogen and oxygen atoms in total. The van der Waals surface area contributed by atoms with Crippen LogP contribution >= 0.6 is 24.0 Å². The highest BCUT2D eigenvalue weighted by molar-refractivity contribution is 14.0. The normalized spacial score (nSPS) is 20.1. The van der Waals surface area contributed by atoms with Gasteiger partial charge in [-0.15, -0.1) is 24.0 Å². The third kappa shape index (κ3) is 10.7. The van der Waals surface area contributed by atoms with E-state index >= 15 is 0 Å². The lowest BCUT2D eigenvalue weighted by Gasteiger charge is -2.36. The van der Waals surface area contributed by atoms with Crippen LogP contribution in [-0.2, 0) is 4.74 Å². The van der Waals surface area contributed by atoms with Crippen LogP contribution in [0.4, 0.5) is 0 Å². The van der Waals surface area contributed by atoms with Gasteiger partial charge >= 0.3 is 0 Å². The van der Waals surface area contributed by atoms with E-state index in [0.717, 1.165) is 64.9 Å². The van der Waals surface area contributed by atoms with Crippen molar-refractivity contribution in [1.29, 1.82) is 0 Å². The number of nitrogens with zero attached hydrogens (tertiary/aromatic N) is 3. The molecule has 1 atom stereocenters. The molecule has 24 heavy (non-hydrogen) atoms. The summed E-state index contributed by atoms with van der Waals surface area (Å²) in [7, 11) is 4.37. The van der Waals surface area contributed by atoms with Crippen molar-refractivity contribution in [1.82, 2.24) is 20.4 Å². The highest BCUT2D eigenvalue weighted by Crippen LogP contribution is 2.06. The van der Waals surface area contributed by atoms with Crippen LogP contribution in [0, 0.1) is 5.92 Å². The maximum absolute atomic E-state index is 5.64. The lowest BCUT2D eigenvalue weighted by molar-refractivity contribution is 0.119. The van der Waals surface area contributed by atoms with Gasteiger partial charge in [0, 0.05) is 45.4 Å². The third-order valence-electron chi connectivity index (χ3n) is 4.16. The zero-order valence-corrected chi connectivity index (χ0v) is 18.5. The molecule has 0 saturated carbocycles. The molecule has 1 fully saturated rings. The Balaban J connectivity index is 0.00000529. The van der Waals surface area contributed by atoms with Crippen molar-refractivity contribution in [3.8, 4) is 0 Å². The fourth-order valence-corrected chi connectivity index (χ4v) is 2.50. The molecule has 7 heteroatoms. The van der Waals surface area contributed by atoms with E-state index in [2.05, 4.69) is 55.3 Å². The molecular weight excluding hydrogens is 417 g/mol. The summed E-state index contributed by atoms with van der Waals surface area (Å²) < 4.78 is 5.64. The molecule has 0 spiro atoms. The monoisotopic (exact) mass is 455 g/mol. The zero-order valence-electron chi connectivity index (χ0n) is 16.2. The van der Waals surface area contributed by atoms with Gasteiger partial charge in [0.1, 0.15) is 0 Å². The molecule has 0 aromatic rings. The number of aliphatic imine (C=N–C) groups is 1. The van der Waals surface area contributed by atoms with E-state index in [9.17, 15) is 0 Å². The molecule has 2 N–H and O–H groups in total. The van der Waals surface area contributed by atoms with Gasteiger partial charge in [0.05, 0.1) is 13.2 Å². The van der Waals surface area contributed by atoms with Crippen LogP contribution in [0.5, 0.6) is 0 Å². The number of ether oxygens (including phenoxy) is 1. The maximum atomic E-state index is 5.64. The highest BCUT2D eigenvalue weighted by Gasteiger charge is 2.21. The minimum Gasteiger partial charge on any atom is -0.380 e. The third-order valence-corrected chi connectivity index (χ3v) is 4.16. The lowest BCUT2D eigenvalue weighted by Crippen LogP contribution is -2.51. The van der Waals surface area contributed by atoms with Crippen molar-refractivity contribution < 1.29 is 4.74 Å². The van der Waals surface area contributed by atoms with E-state index in [1.54, 1.807) is 0 Å². The predicted molar refractivity (Wildman–Crippen MR) is 114 cm³/mol. The summed E-state index contributed by atoms with van der Waals surface area (Å²) in [5.41, 5.74) is 0. The molecule has 0 bridgehead atoms. The van der Waals surface area contributed by atoms with Gasteiger partial charge in [-0.05, 0) is 33.4 Å². The molecule has 1 rings (SSSR count). The summed E-state index contributed by atoms with van der Waals surface area (Å²) in [6, 6.07) is 0.492. The number of piperazine rings is 1. The van der Waals surface area contributed by atoms with E-state index in [4.69, 9.17) is 9.73 Å². The van der Waals surface area contributed by atoms with E-state index in [-0.39, 0.29) is 24.0 Å². The Morgan fingerprint density at radius 3 is 2.62 bits per heavy atom. The molecule has 1 saturated heterocycles. The van der Waals surface area contributed by atoms with Gasteiger partial charge < -0.3 is 20.3 Å². The number of guanidine groups is 1. The minimum absolute atomic E-state index is 0. The van der Waals surface area contributed by atoms with Gasteiger partial charge in [0.15, 0.2) is 5.96 Å². The molecule has 0 aliphatic carbocycles.